The van der Waals surface area contributed by atoms with Gasteiger partial charge in [-0.3, -0.25) is 0 Å². The lowest BCUT2D eigenvalue weighted by Gasteiger charge is -2.31. The minimum Gasteiger partial charge on any atom is -0.489 e. The van der Waals surface area contributed by atoms with Gasteiger partial charge in [0.15, 0.2) is 0 Å². The van der Waals surface area contributed by atoms with Gasteiger partial charge in [-0.05, 0) is 34.9 Å². The van der Waals surface area contributed by atoms with E-state index in [1.54, 1.807) is 6.07 Å². The highest BCUT2D eigenvalue weighted by Crippen LogP contribution is 2.40. The molecule has 1 N–H and O–H groups in total. The monoisotopic (exact) mass is 400 g/mol. The maximum atomic E-state index is 12.0. The quantitative estimate of drug-likeness (QED) is 0.390. The van der Waals surface area contributed by atoms with Crippen molar-refractivity contribution in [2.75, 3.05) is 0 Å². The van der Waals surface area contributed by atoms with E-state index in [1.807, 2.05) is 103 Å². The Kier molecular flexibility index (Phi) is 5.66. The van der Waals surface area contributed by atoms with Crippen LogP contribution >= 0.6 is 11.6 Å². The van der Waals surface area contributed by atoms with Gasteiger partial charge in [0, 0.05) is 10.6 Å². The maximum absolute atomic E-state index is 12.0. The van der Waals surface area contributed by atoms with Crippen molar-refractivity contribution in [1.82, 2.24) is 0 Å². The Bertz CT molecular complexity index is 1080. The molecule has 0 saturated carbocycles. The minimum absolute atomic E-state index is 0.458. The first-order valence-electron chi connectivity index (χ1n) is 9.48. The topological polar surface area (TPSA) is 29.5 Å². The smallest absolute Gasteiger partial charge is 0.142 e. The summed E-state index contributed by atoms with van der Waals surface area (Å²) in [5.41, 5.74) is 1.76. The van der Waals surface area contributed by atoms with Gasteiger partial charge in [-0.15, -0.1) is 0 Å². The number of rotatable bonds is 6. The van der Waals surface area contributed by atoms with E-state index >= 15 is 0 Å². The predicted molar refractivity (Wildman–Crippen MR) is 117 cm³/mol. The second kappa shape index (κ2) is 8.52. The Labute approximate surface area is 176 Å². The molecule has 0 spiro atoms. The third-order valence-corrected chi connectivity index (χ3v) is 5.28. The Balaban J connectivity index is 1.75. The predicted octanol–water partition coefficient (Wildman–Crippen LogP) is 6.20. The first kappa shape index (κ1) is 19.3. The molecule has 0 aromatic heterocycles. The molecular weight excluding hydrogens is 380 g/mol. The van der Waals surface area contributed by atoms with E-state index in [2.05, 4.69) is 0 Å². The van der Waals surface area contributed by atoms with Crippen LogP contribution in [0, 0.1) is 0 Å². The van der Waals surface area contributed by atoms with Crippen LogP contribution in [0.1, 0.15) is 22.3 Å². The van der Waals surface area contributed by atoms with Gasteiger partial charge in [-0.1, -0.05) is 103 Å². The van der Waals surface area contributed by atoms with Crippen molar-refractivity contribution >= 4 is 11.6 Å². The van der Waals surface area contributed by atoms with Crippen LogP contribution in [0.15, 0.2) is 109 Å². The Hall–Kier alpha value is -3.07. The van der Waals surface area contributed by atoms with Gasteiger partial charge in [0.1, 0.15) is 18.0 Å². The van der Waals surface area contributed by atoms with E-state index in [0.29, 0.717) is 28.5 Å². The second-order valence-electron chi connectivity index (χ2n) is 6.86. The molecule has 0 radical (unpaired) electrons. The van der Waals surface area contributed by atoms with Gasteiger partial charge in [-0.2, -0.15) is 0 Å². The number of aliphatic hydroxyl groups is 1. The van der Waals surface area contributed by atoms with Crippen molar-refractivity contribution in [3.8, 4) is 5.75 Å². The second-order valence-corrected chi connectivity index (χ2v) is 7.27. The van der Waals surface area contributed by atoms with Crippen molar-refractivity contribution in [3.05, 3.63) is 136 Å². The minimum atomic E-state index is -1.40. The fourth-order valence-corrected chi connectivity index (χ4v) is 3.74. The Morgan fingerprint density at radius 2 is 1.31 bits per heavy atom. The van der Waals surface area contributed by atoms with Crippen LogP contribution in [-0.2, 0) is 12.2 Å². The molecule has 0 bridgehead atoms. The fraction of sp³-hybridized carbons (Fsp3) is 0.0769. The summed E-state index contributed by atoms with van der Waals surface area (Å²) in [5.74, 6) is 0.688. The molecule has 3 heteroatoms. The molecule has 4 aromatic carbocycles. The zero-order valence-corrected chi connectivity index (χ0v) is 16.6. The molecule has 0 saturated heterocycles. The molecule has 0 fully saturated rings. The molecule has 4 rings (SSSR count). The standard InChI is InChI=1S/C26H21ClO2/c27-25-17-8-7-16-24(25)26(28,21-12-5-2-6-13-21)22-14-9-15-23(18-22)29-19-20-10-3-1-4-11-20/h1-18,28H,19H2. The van der Waals surface area contributed by atoms with Crippen LogP contribution in [0.2, 0.25) is 5.02 Å². The van der Waals surface area contributed by atoms with Crippen LogP contribution in [0.4, 0.5) is 0 Å². The van der Waals surface area contributed by atoms with Gasteiger partial charge in [0.05, 0.1) is 0 Å². The number of hydrogen-bond acceptors (Lipinski definition) is 2. The molecule has 0 aliphatic carbocycles. The summed E-state index contributed by atoms with van der Waals surface area (Å²) < 4.78 is 5.99. The molecule has 4 aromatic rings. The SMILES string of the molecule is OC(c1ccccc1)(c1cccc(OCc2ccccc2)c1)c1ccccc1Cl. The largest absolute Gasteiger partial charge is 0.489 e. The molecule has 1 atom stereocenters. The Morgan fingerprint density at radius 1 is 0.690 bits per heavy atom. The van der Waals surface area contributed by atoms with Crippen molar-refractivity contribution < 1.29 is 9.84 Å². The van der Waals surface area contributed by atoms with Gasteiger partial charge >= 0.3 is 0 Å². The molecular formula is C26H21ClO2. The third-order valence-electron chi connectivity index (χ3n) is 4.96. The molecule has 144 valence electrons. The van der Waals surface area contributed by atoms with E-state index < -0.39 is 5.60 Å². The molecule has 2 nitrogen and oxygen atoms in total. The van der Waals surface area contributed by atoms with Crippen LogP contribution in [0.3, 0.4) is 0 Å². The summed E-state index contributed by atoms with van der Waals surface area (Å²) in [6.45, 7) is 0.458. The highest BCUT2D eigenvalue weighted by molar-refractivity contribution is 6.31. The molecule has 0 heterocycles. The van der Waals surface area contributed by atoms with E-state index in [-0.39, 0.29) is 0 Å². The zero-order chi connectivity index (χ0) is 20.1. The first-order valence-corrected chi connectivity index (χ1v) is 9.86. The van der Waals surface area contributed by atoms with Crippen LogP contribution in [-0.4, -0.2) is 5.11 Å². The molecule has 0 aliphatic heterocycles. The highest BCUT2D eigenvalue weighted by Gasteiger charge is 2.35. The summed E-state index contributed by atoms with van der Waals surface area (Å²) in [4.78, 5) is 0. The third kappa shape index (κ3) is 4.04. The molecule has 0 aliphatic rings. The van der Waals surface area contributed by atoms with Crippen molar-refractivity contribution in [3.63, 3.8) is 0 Å². The van der Waals surface area contributed by atoms with Crippen LogP contribution < -0.4 is 4.74 Å². The van der Waals surface area contributed by atoms with Gasteiger partial charge < -0.3 is 9.84 Å². The van der Waals surface area contributed by atoms with Crippen molar-refractivity contribution in [2.45, 2.75) is 12.2 Å². The first-order chi connectivity index (χ1) is 14.2. The summed E-state index contributed by atoms with van der Waals surface area (Å²) in [6, 6.07) is 34.5. The van der Waals surface area contributed by atoms with E-state index in [9.17, 15) is 5.11 Å². The van der Waals surface area contributed by atoms with Crippen molar-refractivity contribution in [1.29, 1.82) is 0 Å². The summed E-state index contributed by atoms with van der Waals surface area (Å²) >= 11 is 6.50. The number of ether oxygens (including phenoxy) is 1. The van der Waals surface area contributed by atoms with Gasteiger partial charge in [0.25, 0.3) is 0 Å². The molecule has 0 amide bonds. The normalized spacial score (nSPS) is 12.9. The number of benzene rings is 4. The van der Waals surface area contributed by atoms with E-state index in [0.717, 1.165) is 11.1 Å². The molecule has 29 heavy (non-hydrogen) atoms. The van der Waals surface area contributed by atoms with Crippen LogP contribution in [0.25, 0.3) is 0 Å². The number of hydrogen-bond donors (Lipinski definition) is 1. The van der Waals surface area contributed by atoms with E-state index in [4.69, 9.17) is 16.3 Å². The highest BCUT2D eigenvalue weighted by atomic mass is 35.5. The van der Waals surface area contributed by atoms with Gasteiger partial charge in [-0.25, -0.2) is 0 Å². The average Bonchev–Trinajstić information content (AvgIpc) is 2.79. The van der Waals surface area contributed by atoms with Crippen molar-refractivity contribution in [2.24, 2.45) is 0 Å². The lowest BCUT2D eigenvalue weighted by Crippen LogP contribution is -2.29. The average molecular weight is 401 g/mol. The Morgan fingerprint density at radius 3 is 2.03 bits per heavy atom. The van der Waals surface area contributed by atoms with Gasteiger partial charge in [0.2, 0.25) is 0 Å². The lowest BCUT2D eigenvalue weighted by atomic mass is 9.80. The maximum Gasteiger partial charge on any atom is 0.142 e. The van der Waals surface area contributed by atoms with E-state index in [1.165, 1.54) is 0 Å². The summed E-state index contributed by atoms with van der Waals surface area (Å²) in [5, 5.41) is 12.5. The fourth-order valence-electron chi connectivity index (χ4n) is 3.46. The summed E-state index contributed by atoms with van der Waals surface area (Å²) in [7, 11) is 0. The number of halogens is 1. The zero-order valence-electron chi connectivity index (χ0n) is 15.8. The van der Waals surface area contributed by atoms with Crippen LogP contribution in [0.5, 0.6) is 5.75 Å². The summed E-state index contributed by atoms with van der Waals surface area (Å²) in [6.07, 6.45) is 0. The lowest BCUT2D eigenvalue weighted by molar-refractivity contribution is 0.125. The molecule has 1 unspecified atom stereocenters.